The van der Waals surface area contributed by atoms with Crippen LogP contribution in [0.5, 0.6) is 0 Å². The fourth-order valence-electron chi connectivity index (χ4n) is 16.0. The first kappa shape index (κ1) is 76.4. The van der Waals surface area contributed by atoms with E-state index in [2.05, 4.69) is 21.3 Å². The van der Waals surface area contributed by atoms with Gasteiger partial charge in [0.15, 0.2) is 34.9 Å². The van der Waals surface area contributed by atoms with Gasteiger partial charge < -0.3 is 57.9 Å². The minimum atomic E-state index is -1.23. The second-order valence-corrected chi connectivity index (χ2v) is 28.2. The summed E-state index contributed by atoms with van der Waals surface area (Å²) in [7, 11) is 0. The van der Waals surface area contributed by atoms with E-state index in [0.29, 0.717) is 88.1 Å². The van der Waals surface area contributed by atoms with Gasteiger partial charge >= 0.3 is 6.09 Å². The lowest BCUT2D eigenvalue weighted by Crippen LogP contribution is -2.56. The molecule has 6 aliphatic heterocycles. The van der Waals surface area contributed by atoms with E-state index in [1.165, 1.54) is 13.8 Å². The number of nitrogens with two attached hydrogens (primary N) is 3. The number of benzene rings is 4. The number of amides is 7. The van der Waals surface area contributed by atoms with Crippen LogP contribution in [0.1, 0.15) is 165 Å². The Bertz CT molecular complexity index is 3540. The lowest BCUT2D eigenvalue weighted by atomic mass is 9.82. The van der Waals surface area contributed by atoms with Crippen LogP contribution in [0.3, 0.4) is 0 Å². The Balaban J connectivity index is 0.000000176. The number of carbonyl (C=O) groups is 7. The molecular weight excluding hydrogens is 1320 g/mol. The molecule has 6 saturated heterocycles. The van der Waals surface area contributed by atoms with Gasteiger partial charge in [-0.2, -0.15) is 0 Å². The van der Waals surface area contributed by atoms with Gasteiger partial charge in [-0.15, -0.1) is 0 Å². The zero-order valence-electron chi connectivity index (χ0n) is 56.9. The molecule has 11 rings (SSSR count). The summed E-state index contributed by atoms with van der Waals surface area (Å²) in [4.78, 5) is 92.7. The highest BCUT2D eigenvalue weighted by Gasteiger charge is 2.50. The van der Waals surface area contributed by atoms with Crippen molar-refractivity contribution >= 4 is 41.5 Å². The number of hydrogen-bond donors (Lipinski definition) is 7. The minimum absolute atomic E-state index is 0.00254. The number of fused-ring (bicyclic) bond motifs is 6. The average molecular weight is 1410 g/mol. The number of alkyl carbamates (subject to hydrolysis) is 1. The van der Waals surface area contributed by atoms with Crippen LogP contribution in [-0.4, -0.2) is 136 Å². The van der Waals surface area contributed by atoms with E-state index in [-0.39, 0.29) is 138 Å². The highest BCUT2D eigenvalue weighted by Crippen LogP contribution is 2.44. The summed E-state index contributed by atoms with van der Waals surface area (Å²) in [5, 5.41) is 11.0. The number of nitrogens with one attached hydrogen (secondary N) is 4. The molecule has 7 fully saturated rings. The molecule has 6 bridgehead atoms. The van der Waals surface area contributed by atoms with E-state index in [4.69, 9.17) is 21.9 Å². The number of rotatable bonds is 23. The van der Waals surface area contributed by atoms with Gasteiger partial charge in [0.2, 0.25) is 35.4 Å². The quantitative estimate of drug-likeness (QED) is 0.0209. The van der Waals surface area contributed by atoms with Gasteiger partial charge in [0.05, 0.1) is 6.61 Å². The summed E-state index contributed by atoms with van der Waals surface area (Å²) in [6, 6.07) is 9.79. The van der Waals surface area contributed by atoms with E-state index < -0.39 is 94.7 Å². The zero-order valence-corrected chi connectivity index (χ0v) is 56.9. The van der Waals surface area contributed by atoms with Crippen LogP contribution in [0.4, 0.5) is 44.3 Å². The maximum atomic E-state index is 14.1. The van der Waals surface area contributed by atoms with Gasteiger partial charge in [-0.3, -0.25) is 28.8 Å². The molecule has 27 heteroatoms. The van der Waals surface area contributed by atoms with Crippen molar-refractivity contribution in [2.45, 2.75) is 229 Å². The van der Waals surface area contributed by atoms with Gasteiger partial charge in [0.25, 0.3) is 0 Å². The molecule has 18 nitrogen and oxygen atoms in total. The number of carbonyl (C=O) groups excluding carboxylic acids is 7. The van der Waals surface area contributed by atoms with E-state index in [1.54, 1.807) is 38.1 Å². The fraction of sp³-hybridized carbons (Fsp3) is 0.575. The monoisotopic (exact) mass is 1410 g/mol. The van der Waals surface area contributed by atoms with Crippen molar-refractivity contribution in [3.63, 3.8) is 0 Å². The molecule has 7 aliphatic rings. The number of unbranched alkanes of at least 4 members (excludes halogenated alkanes) is 1. The van der Waals surface area contributed by atoms with Crippen molar-refractivity contribution in [1.29, 1.82) is 0 Å². The number of piperidine rings is 3. The molecule has 1 aliphatic carbocycles. The molecule has 546 valence electrons. The summed E-state index contributed by atoms with van der Waals surface area (Å²) in [5.74, 6) is -10.0. The molecule has 100 heavy (non-hydrogen) atoms. The minimum Gasteiger partial charge on any atom is -0.450 e. The molecule has 0 spiro atoms. The van der Waals surface area contributed by atoms with Gasteiger partial charge in [-0.1, -0.05) is 30.3 Å². The Kier molecular flexibility index (Phi) is 26.2. The summed E-state index contributed by atoms with van der Waals surface area (Å²) in [6.45, 7) is 6.96. The zero-order chi connectivity index (χ0) is 72.4. The summed E-state index contributed by atoms with van der Waals surface area (Å²) in [6.07, 6.45) is 12.2. The highest BCUT2D eigenvalue weighted by atomic mass is 19.2. The van der Waals surface area contributed by atoms with Crippen LogP contribution < -0.4 is 38.5 Å². The number of hydrogen-bond acceptors (Lipinski definition) is 11. The summed E-state index contributed by atoms with van der Waals surface area (Å²) >= 11 is 0. The largest absolute Gasteiger partial charge is 0.450 e. The molecule has 15 atom stereocenters. The Hall–Kier alpha value is -7.78. The third kappa shape index (κ3) is 19.2. The van der Waals surface area contributed by atoms with Crippen molar-refractivity contribution in [2.75, 3.05) is 13.2 Å². The third-order valence-electron chi connectivity index (χ3n) is 21.1. The van der Waals surface area contributed by atoms with Crippen LogP contribution in [0, 0.1) is 76.0 Å². The highest BCUT2D eigenvalue weighted by molar-refractivity contribution is 5.90. The van der Waals surface area contributed by atoms with Crippen LogP contribution in [0.15, 0.2) is 66.7 Å². The number of halogens is 9. The molecule has 3 unspecified atom stereocenters. The van der Waals surface area contributed by atoms with Crippen molar-refractivity contribution in [3.8, 4) is 0 Å². The Labute approximate surface area is 577 Å². The Morgan fingerprint density at radius 3 is 1.23 bits per heavy atom. The maximum absolute atomic E-state index is 14.1. The van der Waals surface area contributed by atoms with Crippen molar-refractivity contribution in [2.24, 2.45) is 40.9 Å². The molecule has 6 heterocycles. The average Bonchev–Trinajstić information content (AvgIpc) is 1.58. The van der Waals surface area contributed by atoms with Crippen molar-refractivity contribution in [1.82, 2.24) is 36.0 Å². The fourth-order valence-corrected chi connectivity index (χ4v) is 16.0. The standard InChI is InChI=1S/C26H30F3N3O3.C25H35F3N4O3.C22H28F3N3O2/c1-2-35-26(34)31-24(15-6-4-3-5-7-15)25(33)32-18-8-9-19(32)11-17(10-18)23(30)13-16-12-21(28)22(29)14-20(16)27;1-14(33)30-8-4-3-5-24(31-15(2)34)25(35)32-18-6-7-19(32)10-17(9-18)23(29)12-16-11-21(27)22(28)13-20(16)26;1-11(27-21(29)12-2-3-12)22(30)28-15-4-5-16(28)7-14(6-15)20(26)9-13-8-18(24)19(25)10-17(13)23/h3-7,12,14,17-19,23-24H,2,8-11,13,30H2,1H3,(H,31,34);11,13,17-19,23-24H,3-10,12,29H2,1-2H3,(H,30,33)(H,31,34);8,10-12,14-16,20H,2-7,9,26H2,1H3,(H,27,29)/t2*17?,18-,19+,23-,24+;11-,14?,15-,16+,20-/m111/s1. The lowest BCUT2D eigenvalue weighted by Gasteiger charge is -2.42. The normalized spacial score (nSPS) is 24.4. The molecule has 7 amide bonds. The summed E-state index contributed by atoms with van der Waals surface area (Å²) in [5.41, 5.74) is 19.9. The molecule has 4 aromatic rings. The first-order valence-corrected chi connectivity index (χ1v) is 35.0. The maximum Gasteiger partial charge on any atom is 0.408 e. The molecular formula is C73H93F9N10O8. The number of ether oxygens (including phenoxy) is 1. The molecule has 0 aromatic heterocycles. The van der Waals surface area contributed by atoms with E-state index in [0.717, 1.165) is 69.6 Å². The predicted octanol–water partition coefficient (Wildman–Crippen LogP) is 9.44. The van der Waals surface area contributed by atoms with Gasteiger partial charge in [-0.25, -0.2) is 44.3 Å². The van der Waals surface area contributed by atoms with E-state index >= 15 is 0 Å². The summed E-state index contributed by atoms with van der Waals surface area (Å²) < 4.78 is 128. The van der Waals surface area contributed by atoms with Gasteiger partial charge in [0.1, 0.15) is 35.6 Å². The Morgan fingerprint density at radius 2 is 0.860 bits per heavy atom. The van der Waals surface area contributed by atoms with Crippen LogP contribution >= 0.6 is 0 Å². The van der Waals surface area contributed by atoms with Crippen LogP contribution in [-0.2, 0) is 52.8 Å². The van der Waals surface area contributed by atoms with Crippen molar-refractivity contribution in [3.05, 3.63) is 141 Å². The molecule has 4 aromatic carbocycles. The third-order valence-corrected chi connectivity index (χ3v) is 21.1. The second kappa shape index (κ2) is 34.3. The SMILES string of the molecule is CC(=O)NCCCC[C@H](NC(C)=O)C(=O)N1[C@@H]2CC[C@H]1CC([C@H](N)Cc1cc(F)c(F)cc1F)C2.CCOC(=O)N[C@H](C(=O)N1[C@@H]2CC[C@H]1CC([C@H](N)Cc1cc(F)c(F)cc1F)C2)c1ccccc1.C[C@@H](NC(=O)C1CC1)C(=O)N1[C@@H]2CC[C@H]1CC([C@H](N)Cc1cc(F)c(F)cc1F)C2. The van der Waals surface area contributed by atoms with Crippen molar-refractivity contribution < 1.29 is 77.8 Å². The topological polar surface area (TPSA) is 265 Å². The predicted molar refractivity (Wildman–Crippen MR) is 353 cm³/mol. The molecule has 10 N–H and O–H groups in total. The van der Waals surface area contributed by atoms with E-state index in [1.807, 2.05) is 20.8 Å². The van der Waals surface area contributed by atoms with E-state index in [9.17, 15) is 73.1 Å². The molecule has 0 radical (unpaired) electrons. The van der Waals surface area contributed by atoms with Crippen LogP contribution in [0.2, 0.25) is 0 Å². The smallest absolute Gasteiger partial charge is 0.408 e. The molecule has 1 saturated carbocycles. The van der Waals surface area contributed by atoms with Crippen LogP contribution in [0.25, 0.3) is 0 Å². The second-order valence-electron chi connectivity index (χ2n) is 28.2. The van der Waals surface area contributed by atoms with Gasteiger partial charge in [0, 0.05) is 98.9 Å². The lowest BCUT2D eigenvalue weighted by molar-refractivity contribution is -0.141. The van der Waals surface area contributed by atoms with Gasteiger partial charge in [-0.05, 0) is 200 Å². The first-order valence-electron chi connectivity index (χ1n) is 35.0. The Morgan fingerprint density at radius 1 is 0.480 bits per heavy atom. The first-order chi connectivity index (χ1) is 47.6. The number of nitrogens with zero attached hydrogens (tertiary/aromatic N) is 3.